The van der Waals surface area contributed by atoms with Gasteiger partial charge in [0.25, 0.3) is 0 Å². The molecule has 0 aromatic carbocycles. The monoisotopic (exact) mass is 216 g/mol. The molecule has 1 aromatic heterocycles. The van der Waals surface area contributed by atoms with Crippen molar-refractivity contribution < 1.29 is 4.74 Å². The van der Waals surface area contributed by atoms with Gasteiger partial charge in [-0.1, -0.05) is 11.3 Å². The molecule has 80 valence electrons. The maximum absolute atomic E-state index is 5.76. The van der Waals surface area contributed by atoms with E-state index in [9.17, 15) is 0 Å². The minimum Gasteiger partial charge on any atom is -0.383 e. The smallest absolute Gasteiger partial charge is 0.205 e. The molecule has 1 rings (SSSR count). The molecule has 14 heavy (non-hydrogen) atoms. The third-order valence-electron chi connectivity index (χ3n) is 1.70. The van der Waals surface area contributed by atoms with Crippen molar-refractivity contribution >= 4 is 16.5 Å². The van der Waals surface area contributed by atoms with Gasteiger partial charge in [0.1, 0.15) is 5.01 Å². The Labute approximate surface area is 87.7 Å². The summed E-state index contributed by atoms with van der Waals surface area (Å²) in [4.78, 5) is 0. The largest absolute Gasteiger partial charge is 0.383 e. The van der Waals surface area contributed by atoms with Crippen LogP contribution in [0.5, 0.6) is 0 Å². The lowest BCUT2D eigenvalue weighted by molar-refractivity contribution is 0.178. The van der Waals surface area contributed by atoms with Crippen LogP contribution >= 0.6 is 11.3 Å². The predicted octanol–water partition coefficient (Wildman–Crippen LogP) is 0.622. The molecule has 6 heteroatoms. The third kappa shape index (κ3) is 3.99. The second-order valence-corrected chi connectivity index (χ2v) is 4.24. The van der Waals surface area contributed by atoms with Gasteiger partial charge in [-0.25, -0.2) is 0 Å². The molecule has 5 nitrogen and oxygen atoms in total. The van der Waals surface area contributed by atoms with Crippen molar-refractivity contribution in [3.05, 3.63) is 5.01 Å². The first-order valence-corrected chi connectivity index (χ1v) is 5.32. The Bertz CT molecular complexity index is 266. The van der Waals surface area contributed by atoms with E-state index in [1.54, 1.807) is 18.4 Å². The van der Waals surface area contributed by atoms with Crippen LogP contribution in [0.25, 0.3) is 0 Å². The van der Waals surface area contributed by atoms with Gasteiger partial charge in [-0.15, -0.1) is 10.2 Å². The molecule has 0 amide bonds. The highest BCUT2D eigenvalue weighted by Crippen LogP contribution is 2.13. The fraction of sp³-hybridized carbons (Fsp3) is 0.750. The second kappa shape index (κ2) is 5.90. The van der Waals surface area contributed by atoms with Crippen LogP contribution in [-0.2, 0) is 4.74 Å². The van der Waals surface area contributed by atoms with Crippen molar-refractivity contribution in [3.8, 4) is 0 Å². The van der Waals surface area contributed by atoms with Crippen molar-refractivity contribution in [1.29, 1.82) is 0 Å². The number of hydrogen-bond acceptors (Lipinski definition) is 6. The molecular weight excluding hydrogens is 200 g/mol. The van der Waals surface area contributed by atoms with E-state index in [1.165, 1.54) is 0 Å². The van der Waals surface area contributed by atoms with Crippen LogP contribution in [0.3, 0.4) is 0 Å². The number of methoxy groups -OCH3 is 1. The molecule has 0 fully saturated rings. The van der Waals surface area contributed by atoms with Crippen molar-refractivity contribution in [2.75, 3.05) is 25.6 Å². The lowest BCUT2D eigenvalue weighted by Crippen LogP contribution is -2.28. The number of nitrogens with one attached hydrogen (secondary N) is 1. The lowest BCUT2D eigenvalue weighted by Gasteiger charge is -2.09. The van der Waals surface area contributed by atoms with Gasteiger partial charge in [-0.2, -0.15) is 0 Å². The third-order valence-corrected chi connectivity index (χ3v) is 2.49. The first kappa shape index (κ1) is 11.4. The van der Waals surface area contributed by atoms with Gasteiger partial charge in [-0.05, 0) is 13.3 Å². The summed E-state index contributed by atoms with van der Waals surface area (Å²) in [5.74, 6) is 0. The molecule has 1 unspecified atom stereocenters. The van der Waals surface area contributed by atoms with Gasteiger partial charge < -0.3 is 15.8 Å². The summed E-state index contributed by atoms with van der Waals surface area (Å²) < 4.78 is 4.93. The fourth-order valence-corrected chi connectivity index (χ4v) is 1.65. The van der Waals surface area contributed by atoms with Crippen LogP contribution in [0.4, 0.5) is 5.13 Å². The molecule has 0 bridgehead atoms. The van der Waals surface area contributed by atoms with Crippen molar-refractivity contribution in [2.24, 2.45) is 5.73 Å². The van der Waals surface area contributed by atoms with Crippen LogP contribution in [0, 0.1) is 6.92 Å². The highest BCUT2D eigenvalue weighted by atomic mass is 32.1. The first-order chi connectivity index (χ1) is 6.72. The van der Waals surface area contributed by atoms with E-state index < -0.39 is 0 Å². The zero-order chi connectivity index (χ0) is 10.4. The molecular formula is C8H16N4OS. The summed E-state index contributed by atoms with van der Waals surface area (Å²) >= 11 is 1.55. The number of rotatable bonds is 6. The lowest BCUT2D eigenvalue weighted by atomic mass is 10.2. The van der Waals surface area contributed by atoms with Crippen LogP contribution in [0.1, 0.15) is 11.4 Å². The molecule has 0 radical (unpaired) electrons. The van der Waals surface area contributed by atoms with Gasteiger partial charge in [0.2, 0.25) is 5.13 Å². The van der Waals surface area contributed by atoms with E-state index in [2.05, 4.69) is 15.5 Å². The second-order valence-electron chi connectivity index (χ2n) is 3.06. The van der Waals surface area contributed by atoms with Gasteiger partial charge in [0, 0.05) is 19.7 Å². The van der Waals surface area contributed by atoms with Gasteiger partial charge in [0.15, 0.2) is 0 Å². The molecule has 1 atom stereocenters. The average Bonchev–Trinajstić information content (AvgIpc) is 2.52. The van der Waals surface area contributed by atoms with Gasteiger partial charge >= 0.3 is 0 Å². The maximum atomic E-state index is 5.76. The molecule has 1 heterocycles. The molecule has 0 aliphatic carbocycles. The molecule has 0 aliphatic heterocycles. The Balaban J connectivity index is 2.15. The fourth-order valence-electron chi connectivity index (χ4n) is 1.03. The van der Waals surface area contributed by atoms with Crippen molar-refractivity contribution in [1.82, 2.24) is 10.2 Å². The number of hydrogen-bond donors (Lipinski definition) is 2. The summed E-state index contributed by atoms with van der Waals surface area (Å²) in [6, 6.07) is 0.0847. The normalized spacial score (nSPS) is 12.8. The number of nitrogens with zero attached hydrogens (tertiary/aromatic N) is 2. The molecule has 1 aromatic rings. The summed E-state index contributed by atoms with van der Waals surface area (Å²) in [5.41, 5.74) is 5.76. The Hall–Kier alpha value is -0.720. The number of nitrogens with two attached hydrogens (primary N) is 1. The van der Waals surface area contributed by atoms with Crippen molar-refractivity contribution in [3.63, 3.8) is 0 Å². The van der Waals surface area contributed by atoms with Crippen LogP contribution in [-0.4, -0.2) is 36.5 Å². The Kier molecular flexibility index (Phi) is 4.78. The summed E-state index contributed by atoms with van der Waals surface area (Å²) in [5, 5.41) is 12.8. The topological polar surface area (TPSA) is 73.1 Å². The molecule has 0 spiro atoms. The van der Waals surface area contributed by atoms with Gasteiger partial charge in [0.05, 0.1) is 6.61 Å². The standard InChI is InChI=1S/C8H16N4OS/c1-6-11-12-8(14-6)10-4-3-7(9)5-13-2/h7H,3-5,9H2,1-2H3,(H,10,12). The minimum absolute atomic E-state index is 0.0847. The number of aryl methyl sites for hydroxylation is 1. The summed E-state index contributed by atoms with van der Waals surface area (Å²) in [6.45, 7) is 3.33. The molecule has 0 saturated heterocycles. The van der Waals surface area contributed by atoms with E-state index >= 15 is 0 Å². The van der Waals surface area contributed by atoms with E-state index in [0.29, 0.717) is 6.61 Å². The van der Waals surface area contributed by atoms with Crippen molar-refractivity contribution in [2.45, 2.75) is 19.4 Å². The molecule has 0 aliphatic rings. The van der Waals surface area contributed by atoms with E-state index in [4.69, 9.17) is 10.5 Å². The Morgan fingerprint density at radius 3 is 2.93 bits per heavy atom. The highest BCUT2D eigenvalue weighted by molar-refractivity contribution is 7.15. The highest BCUT2D eigenvalue weighted by Gasteiger charge is 2.02. The molecule has 3 N–H and O–H groups in total. The quantitative estimate of drug-likeness (QED) is 0.729. The van der Waals surface area contributed by atoms with E-state index in [-0.39, 0.29) is 6.04 Å². The minimum atomic E-state index is 0.0847. The number of anilines is 1. The summed E-state index contributed by atoms with van der Waals surface area (Å²) in [6.07, 6.45) is 0.868. The number of ether oxygens (including phenoxy) is 1. The van der Waals surface area contributed by atoms with Crippen LogP contribution in [0.15, 0.2) is 0 Å². The van der Waals surface area contributed by atoms with Gasteiger partial charge in [-0.3, -0.25) is 0 Å². The SMILES string of the molecule is COCC(N)CCNc1nnc(C)s1. The van der Waals surface area contributed by atoms with Crippen LogP contribution in [0.2, 0.25) is 0 Å². The zero-order valence-electron chi connectivity index (χ0n) is 8.49. The van der Waals surface area contributed by atoms with Crippen LogP contribution < -0.4 is 11.1 Å². The van der Waals surface area contributed by atoms with E-state index in [1.807, 2.05) is 6.92 Å². The number of aromatic nitrogens is 2. The van der Waals surface area contributed by atoms with E-state index in [0.717, 1.165) is 23.1 Å². The predicted molar refractivity (Wildman–Crippen MR) is 57.6 cm³/mol. The first-order valence-electron chi connectivity index (χ1n) is 4.51. The Morgan fingerprint density at radius 1 is 1.57 bits per heavy atom. The Morgan fingerprint density at radius 2 is 2.36 bits per heavy atom. The maximum Gasteiger partial charge on any atom is 0.205 e. The average molecular weight is 216 g/mol. The summed E-state index contributed by atoms with van der Waals surface area (Å²) in [7, 11) is 1.65. The zero-order valence-corrected chi connectivity index (χ0v) is 9.30. The molecule has 0 saturated carbocycles.